The van der Waals surface area contributed by atoms with Gasteiger partial charge in [0.2, 0.25) is 0 Å². The molecule has 0 aliphatic carbocycles. The second-order valence-corrected chi connectivity index (χ2v) is 6.63. The van der Waals surface area contributed by atoms with Crippen molar-refractivity contribution in [3.05, 3.63) is 53.1 Å². The minimum Gasteiger partial charge on any atom is -0.324 e. The summed E-state index contributed by atoms with van der Waals surface area (Å²) in [5, 5.41) is 0.752. The molecule has 3 aromatic rings. The van der Waals surface area contributed by atoms with Crippen LogP contribution in [0.4, 0.5) is 0 Å². The first-order valence-electron chi connectivity index (χ1n) is 7.93. The molecule has 2 aromatic carbocycles. The molecule has 0 aliphatic rings. The summed E-state index contributed by atoms with van der Waals surface area (Å²) in [6.45, 7) is 4.11. The van der Waals surface area contributed by atoms with Crippen molar-refractivity contribution in [3.63, 3.8) is 0 Å². The van der Waals surface area contributed by atoms with Crippen LogP contribution in [0.5, 0.6) is 0 Å². The van der Waals surface area contributed by atoms with Gasteiger partial charge >= 0.3 is 0 Å². The Morgan fingerprint density at radius 2 is 1.91 bits per heavy atom. The van der Waals surface area contributed by atoms with Crippen LogP contribution in [-0.4, -0.2) is 35.1 Å². The maximum Gasteiger partial charge on any atom is 0.141 e. The van der Waals surface area contributed by atoms with E-state index >= 15 is 0 Å². The van der Waals surface area contributed by atoms with Crippen molar-refractivity contribution in [1.82, 2.24) is 14.5 Å². The summed E-state index contributed by atoms with van der Waals surface area (Å²) in [5.41, 5.74) is 4.53. The standard InChI is InChI=1S/C19H22ClN3/c1-14-7-4-5-8-16(14)19-21-17-10-9-15(20)13-18(17)23(19)12-6-11-22(2)3/h4-5,7-10,13H,6,11-12H2,1-3H3. The maximum atomic E-state index is 6.21. The average molecular weight is 328 g/mol. The summed E-state index contributed by atoms with van der Waals surface area (Å²) in [5.74, 6) is 1.03. The van der Waals surface area contributed by atoms with Gasteiger partial charge in [0, 0.05) is 17.1 Å². The van der Waals surface area contributed by atoms with Crippen LogP contribution in [0.3, 0.4) is 0 Å². The van der Waals surface area contributed by atoms with Gasteiger partial charge < -0.3 is 9.47 Å². The molecule has 0 amide bonds. The molecule has 1 aromatic heterocycles. The molecular formula is C19H22ClN3. The third-order valence-electron chi connectivity index (χ3n) is 4.08. The first-order chi connectivity index (χ1) is 11.1. The van der Waals surface area contributed by atoms with Crippen molar-refractivity contribution in [2.75, 3.05) is 20.6 Å². The molecule has 3 nitrogen and oxygen atoms in total. The number of imidazole rings is 1. The van der Waals surface area contributed by atoms with Gasteiger partial charge in [0.15, 0.2) is 0 Å². The number of halogens is 1. The molecule has 0 aliphatic heterocycles. The molecule has 0 fully saturated rings. The number of hydrogen-bond acceptors (Lipinski definition) is 2. The summed E-state index contributed by atoms with van der Waals surface area (Å²) >= 11 is 6.21. The van der Waals surface area contributed by atoms with Crippen molar-refractivity contribution in [2.45, 2.75) is 19.9 Å². The smallest absolute Gasteiger partial charge is 0.141 e. The molecule has 0 saturated heterocycles. The van der Waals surface area contributed by atoms with Crippen LogP contribution in [0, 0.1) is 6.92 Å². The molecule has 0 atom stereocenters. The summed E-state index contributed by atoms with van der Waals surface area (Å²) in [7, 11) is 4.20. The van der Waals surface area contributed by atoms with E-state index in [-0.39, 0.29) is 0 Å². The number of rotatable bonds is 5. The van der Waals surface area contributed by atoms with Crippen molar-refractivity contribution < 1.29 is 0 Å². The number of aryl methyl sites for hydroxylation is 2. The zero-order chi connectivity index (χ0) is 16.4. The van der Waals surface area contributed by atoms with E-state index in [0.717, 1.165) is 41.4 Å². The SMILES string of the molecule is Cc1ccccc1-c1nc2ccc(Cl)cc2n1CCCN(C)C. The quantitative estimate of drug-likeness (QED) is 0.682. The molecule has 0 unspecified atom stereocenters. The zero-order valence-electron chi connectivity index (χ0n) is 13.9. The molecule has 1 heterocycles. The van der Waals surface area contributed by atoms with Gasteiger partial charge in [-0.15, -0.1) is 0 Å². The van der Waals surface area contributed by atoms with Gasteiger partial charge in [-0.3, -0.25) is 0 Å². The fourth-order valence-corrected chi connectivity index (χ4v) is 3.06. The lowest BCUT2D eigenvalue weighted by Gasteiger charge is -2.13. The molecule has 0 spiro atoms. The highest BCUT2D eigenvalue weighted by Gasteiger charge is 2.14. The van der Waals surface area contributed by atoms with Crippen molar-refractivity contribution in [3.8, 4) is 11.4 Å². The zero-order valence-corrected chi connectivity index (χ0v) is 14.6. The summed E-state index contributed by atoms with van der Waals surface area (Å²) in [6, 6.07) is 14.3. The fraction of sp³-hybridized carbons (Fsp3) is 0.316. The van der Waals surface area contributed by atoms with E-state index < -0.39 is 0 Å². The van der Waals surface area contributed by atoms with E-state index in [9.17, 15) is 0 Å². The molecule has 4 heteroatoms. The third kappa shape index (κ3) is 3.41. The second kappa shape index (κ2) is 6.73. The Hall–Kier alpha value is -1.84. The van der Waals surface area contributed by atoms with E-state index in [1.54, 1.807) is 0 Å². The van der Waals surface area contributed by atoms with Crippen LogP contribution in [-0.2, 0) is 6.54 Å². The van der Waals surface area contributed by atoms with Crippen LogP contribution in [0.15, 0.2) is 42.5 Å². The molecule has 3 rings (SSSR count). The van der Waals surface area contributed by atoms with Gasteiger partial charge in [0.25, 0.3) is 0 Å². The van der Waals surface area contributed by atoms with E-state index in [4.69, 9.17) is 16.6 Å². The van der Waals surface area contributed by atoms with E-state index in [2.05, 4.69) is 54.8 Å². The lowest BCUT2D eigenvalue weighted by atomic mass is 10.1. The highest BCUT2D eigenvalue weighted by molar-refractivity contribution is 6.31. The van der Waals surface area contributed by atoms with Crippen molar-refractivity contribution in [1.29, 1.82) is 0 Å². The number of hydrogen-bond donors (Lipinski definition) is 0. The Morgan fingerprint density at radius 1 is 1.13 bits per heavy atom. The van der Waals surface area contributed by atoms with Crippen LogP contribution in [0.1, 0.15) is 12.0 Å². The minimum absolute atomic E-state index is 0.752. The molecule has 0 N–H and O–H groups in total. The monoisotopic (exact) mass is 327 g/mol. The Morgan fingerprint density at radius 3 is 2.65 bits per heavy atom. The van der Waals surface area contributed by atoms with Gasteiger partial charge in [0.05, 0.1) is 11.0 Å². The van der Waals surface area contributed by atoms with E-state index in [1.165, 1.54) is 11.1 Å². The van der Waals surface area contributed by atoms with Gasteiger partial charge in [-0.25, -0.2) is 4.98 Å². The largest absolute Gasteiger partial charge is 0.324 e. The molecule has 120 valence electrons. The van der Waals surface area contributed by atoms with Crippen LogP contribution in [0.25, 0.3) is 22.4 Å². The Balaban J connectivity index is 2.10. The van der Waals surface area contributed by atoms with Crippen molar-refractivity contribution >= 4 is 22.6 Å². The Labute approximate surface area is 142 Å². The van der Waals surface area contributed by atoms with E-state index in [1.807, 2.05) is 18.2 Å². The highest BCUT2D eigenvalue weighted by atomic mass is 35.5. The van der Waals surface area contributed by atoms with Gasteiger partial charge in [0.1, 0.15) is 5.82 Å². The normalized spacial score (nSPS) is 11.5. The summed E-state index contributed by atoms with van der Waals surface area (Å²) in [6.07, 6.45) is 1.07. The van der Waals surface area contributed by atoms with Gasteiger partial charge in [-0.2, -0.15) is 0 Å². The molecule has 0 radical (unpaired) electrons. The van der Waals surface area contributed by atoms with Gasteiger partial charge in [-0.1, -0.05) is 35.9 Å². The minimum atomic E-state index is 0.752. The average Bonchev–Trinajstić information content (AvgIpc) is 2.85. The third-order valence-corrected chi connectivity index (χ3v) is 4.32. The van der Waals surface area contributed by atoms with E-state index in [0.29, 0.717) is 0 Å². The fourth-order valence-electron chi connectivity index (χ4n) is 2.90. The second-order valence-electron chi connectivity index (χ2n) is 6.19. The number of fused-ring (bicyclic) bond motifs is 1. The topological polar surface area (TPSA) is 21.1 Å². The Kier molecular flexibility index (Phi) is 4.69. The van der Waals surface area contributed by atoms with Crippen LogP contribution in [0.2, 0.25) is 5.02 Å². The highest BCUT2D eigenvalue weighted by Crippen LogP contribution is 2.29. The van der Waals surface area contributed by atoms with Crippen LogP contribution < -0.4 is 0 Å². The number of aromatic nitrogens is 2. The summed E-state index contributed by atoms with van der Waals surface area (Å²) < 4.78 is 2.30. The van der Waals surface area contributed by atoms with Gasteiger partial charge in [-0.05, 0) is 57.7 Å². The lowest BCUT2D eigenvalue weighted by molar-refractivity contribution is 0.388. The first kappa shape index (κ1) is 16.0. The molecule has 0 bridgehead atoms. The van der Waals surface area contributed by atoms with Crippen molar-refractivity contribution in [2.24, 2.45) is 0 Å². The number of benzene rings is 2. The molecular weight excluding hydrogens is 306 g/mol. The predicted octanol–water partition coefficient (Wildman–Crippen LogP) is 4.62. The molecule has 23 heavy (non-hydrogen) atoms. The summed E-state index contributed by atoms with van der Waals surface area (Å²) in [4.78, 5) is 7.08. The lowest BCUT2D eigenvalue weighted by Crippen LogP contribution is -2.15. The maximum absolute atomic E-state index is 6.21. The Bertz CT molecular complexity index is 821. The predicted molar refractivity (Wildman–Crippen MR) is 98.1 cm³/mol. The first-order valence-corrected chi connectivity index (χ1v) is 8.30. The number of nitrogens with zero attached hydrogens (tertiary/aromatic N) is 3. The van der Waals surface area contributed by atoms with Crippen LogP contribution >= 0.6 is 11.6 Å². The molecule has 0 saturated carbocycles.